The van der Waals surface area contributed by atoms with E-state index in [1.54, 1.807) is 12.2 Å². The quantitative estimate of drug-likeness (QED) is 0.0220. The molecule has 0 aromatic carbocycles. The predicted molar refractivity (Wildman–Crippen MR) is 206 cm³/mol. The second-order valence-corrected chi connectivity index (χ2v) is 14.1. The molecule has 50 heavy (non-hydrogen) atoms. The maximum Gasteiger partial charge on any atom is 0.324 e. The summed E-state index contributed by atoms with van der Waals surface area (Å²) in [6.45, 7) is 3.66. The van der Waals surface area contributed by atoms with E-state index in [1.165, 1.54) is 82.4 Å². The van der Waals surface area contributed by atoms with Gasteiger partial charge < -0.3 is 30.5 Å². The number of aliphatic carboxylic acids is 1. The van der Waals surface area contributed by atoms with Gasteiger partial charge in [-0.05, 0) is 38.5 Å². The number of carbonyl (C=O) groups excluding carboxylic acids is 2. The number of carboxylic acids is 1. The lowest BCUT2D eigenvalue weighted by atomic mass is 10.1. The molecule has 0 radical (unpaired) electrons. The number of hydrogen-bond acceptors (Lipinski definition) is 9. The molecule has 4 atom stereocenters. The van der Waals surface area contributed by atoms with E-state index in [0.717, 1.165) is 32.1 Å². The van der Waals surface area contributed by atoms with E-state index in [1.807, 2.05) is 18.2 Å². The highest BCUT2D eigenvalue weighted by molar-refractivity contribution is 8.00. The fourth-order valence-electron chi connectivity index (χ4n) is 5.04. The van der Waals surface area contributed by atoms with Gasteiger partial charge in [-0.2, -0.15) is 0 Å². The molecule has 0 bridgehead atoms. The Kier molecular flexibility index (Phi) is 33.3. The van der Waals surface area contributed by atoms with Crippen molar-refractivity contribution in [3.63, 3.8) is 0 Å². The minimum Gasteiger partial charge on any atom is -0.481 e. The second kappa shape index (κ2) is 35.0. The molecule has 0 aliphatic rings. The average Bonchev–Trinajstić information content (AvgIpc) is 3.10. The van der Waals surface area contributed by atoms with Crippen molar-refractivity contribution < 1.29 is 39.2 Å². The van der Waals surface area contributed by atoms with Crippen LogP contribution in [-0.2, 0) is 23.9 Å². The Balaban J connectivity index is 4.62. The molecule has 9 nitrogen and oxygen atoms in total. The van der Waals surface area contributed by atoms with Crippen molar-refractivity contribution in [2.24, 2.45) is 5.73 Å². The first-order chi connectivity index (χ1) is 24.2. The van der Waals surface area contributed by atoms with E-state index in [2.05, 4.69) is 32.1 Å². The number of carbonyl (C=O) groups is 3. The molecule has 0 saturated heterocycles. The Morgan fingerprint density at radius 2 is 1.38 bits per heavy atom. The molecule has 288 valence electrons. The van der Waals surface area contributed by atoms with E-state index in [9.17, 15) is 24.6 Å². The van der Waals surface area contributed by atoms with Crippen LogP contribution in [0.25, 0.3) is 0 Å². The van der Waals surface area contributed by atoms with Gasteiger partial charge in [0.25, 0.3) is 0 Å². The Morgan fingerprint density at radius 3 is 2.02 bits per heavy atom. The number of ether oxygens (including phenoxy) is 2. The van der Waals surface area contributed by atoms with Crippen molar-refractivity contribution in [2.75, 3.05) is 19.0 Å². The summed E-state index contributed by atoms with van der Waals surface area (Å²) < 4.78 is 10.6. The Hall–Kier alpha value is -2.40. The van der Waals surface area contributed by atoms with Crippen LogP contribution in [0.1, 0.15) is 142 Å². The molecular weight excluding hydrogens is 655 g/mol. The lowest BCUT2D eigenvalue weighted by Crippen LogP contribution is -2.40. The van der Waals surface area contributed by atoms with E-state index in [-0.39, 0.29) is 37.6 Å². The number of aliphatic hydroxyl groups excluding tert-OH is 2. The summed E-state index contributed by atoms with van der Waals surface area (Å²) in [5.74, 6) is -1.94. The van der Waals surface area contributed by atoms with Gasteiger partial charge in [0, 0.05) is 23.8 Å². The predicted octanol–water partition coefficient (Wildman–Crippen LogP) is 8.37. The highest BCUT2D eigenvalue weighted by atomic mass is 32.2. The first-order valence-electron chi connectivity index (χ1n) is 19.1. The number of unbranched alkanes of at least 4 members (excludes halogenated alkanes) is 13. The molecule has 10 heteroatoms. The van der Waals surface area contributed by atoms with Crippen molar-refractivity contribution in [2.45, 2.75) is 166 Å². The molecule has 0 spiro atoms. The van der Waals surface area contributed by atoms with Gasteiger partial charge in [0.1, 0.15) is 12.6 Å². The third-order valence-corrected chi connectivity index (χ3v) is 9.53. The van der Waals surface area contributed by atoms with Crippen LogP contribution in [0.4, 0.5) is 0 Å². The first-order valence-corrected chi connectivity index (χ1v) is 20.2. The van der Waals surface area contributed by atoms with Gasteiger partial charge in [0.15, 0.2) is 6.10 Å². The molecule has 0 amide bonds. The molecule has 0 aromatic rings. The maximum atomic E-state index is 12.7. The van der Waals surface area contributed by atoms with Gasteiger partial charge in [-0.3, -0.25) is 14.4 Å². The van der Waals surface area contributed by atoms with Crippen LogP contribution in [0.2, 0.25) is 0 Å². The highest BCUT2D eigenvalue weighted by Crippen LogP contribution is 2.22. The number of rotatable bonds is 34. The first kappa shape index (κ1) is 47.6. The summed E-state index contributed by atoms with van der Waals surface area (Å²) >= 11 is 1.26. The van der Waals surface area contributed by atoms with Crippen LogP contribution < -0.4 is 5.73 Å². The smallest absolute Gasteiger partial charge is 0.324 e. The van der Waals surface area contributed by atoms with E-state index in [4.69, 9.17) is 20.3 Å². The number of aliphatic hydroxyl groups is 2. The minimum atomic E-state index is -1.04. The second-order valence-electron chi connectivity index (χ2n) is 12.9. The van der Waals surface area contributed by atoms with Gasteiger partial charge >= 0.3 is 17.9 Å². The maximum absolute atomic E-state index is 12.7. The lowest BCUT2D eigenvalue weighted by Gasteiger charge is -2.22. The molecule has 0 saturated carbocycles. The fraction of sp³-hybridized carbons (Fsp3) is 0.725. The Morgan fingerprint density at radius 1 is 0.760 bits per heavy atom. The molecule has 0 aliphatic heterocycles. The molecule has 0 aromatic heterocycles. The summed E-state index contributed by atoms with van der Waals surface area (Å²) in [6.07, 6.45) is 33.3. The molecule has 0 heterocycles. The monoisotopic (exact) mass is 723 g/mol. The summed E-state index contributed by atoms with van der Waals surface area (Å²) in [5.41, 5.74) is 6.09. The van der Waals surface area contributed by atoms with Crippen LogP contribution in [0.15, 0.2) is 48.6 Å². The normalized spacial score (nSPS) is 14.5. The fourth-order valence-corrected chi connectivity index (χ4v) is 6.16. The number of esters is 2. The average molecular weight is 724 g/mol. The zero-order valence-corrected chi connectivity index (χ0v) is 31.9. The van der Waals surface area contributed by atoms with E-state index in [0.29, 0.717) is 6.42 Å². The zero-order chi connectivity index (χ0) is 37.1. The molecule has 0 unspecified atom stereocenters. The largest absolute Gasteiger partial charge is 0.481 e. The summed E-state index contributed by atoms with van der Waals surface area (Å²) in [6, 6.07) is -1.04. The summed E-state index contributed by atoms with van der Waals surface area (Å²) in [5, 5.41) is 29.0. The Bertz CT molecular complexity index is 967. The summed E-state index contributed by atoms with van der Waals surface area (Å²) in [4.78, 5) is 35.8. The van der Waals surface area contributed by atoms with Crippen molar-refractivity contribution >= 4 is 29.7 Å². The summed E-state index contributed by atoms with van der Waals surface area (Å²) in [7, 11) is 0. The third kappa shape index (κ3) is 30.4. The lowest BCUT2D eigenvalue weighted by molar-refractivity contribution is -0.162. The van der Waals surface area contributed by atoms with Crippen LogP contribution in [-0.4, -0.2) is 75.7 Å². The van der Waals surface area contributed by atoms with E-state index >= 15 is 0 Å². The number of carboxylic acid groups (broad SMARTS) is 1. The topological polar surface area (TPSA) is 156 Å². The van der Waals surface area contributed by atoms with Crippen LogP contribution in [0.3, 0.4) is 0 Å². The van der Waals surface area contributed by atoms with Gasteiger partial charge in [-0.15, -0.1) is 11.8 Å². The van der Waals surface area contributed by atoms with Gasteiger partial charge in [0.2, 0.25) is 0 Å². The molecule has 0 rings (SSSR count). The van der Waals surface area contributed by atoms with E-state index < -0.39 is 42.0 Å². The standard InChI is InChI=1S/C40H69NO8S/c1-3-5-7-9-11-13-15-17-18-20-22-24-28-37(36(43)27-26-29-38(44)45)50-33-35(41)40(47)49-34(31-42)32-48-39(46)30-25-23-21-19-16-14-12-10-8-6-4-2/h11,13,17-18,20,22,24,28,34-37,42-43H,3-10,12,14-16,19,21,23,25-27,29-33,41H2,1-2H3,(H,44,45)/b13-11-,18-17-,22-20+,28-24+/t34-,35-,36-,37+/m0/s1. The van der Waals surface area contributed by atoms with Crippen LogP contribution in [0, 0.1) is 0 Å². The third-order valence-electron chi connectivity index (χ3n) is 8.13. The van der Waals surface area contributed by atoms with Crippen molar-refractivity contribution in [3.8, 4) is 0 Å². The highest BCUT2D eigenvalue weighted by Gasteiger charge is 2.24. The van der Waals surface area contributed by atoms with Crippen molar-refractivity contribution in [1.82, 2.24) is 0 Å². The van der Waals surface area contributed by atoms with Crippen LogP contribution >= 0.6 is 11.8 Å². The van der Waals surface area contributed by atoms with Gasteiger partial charge in [-0.25, -0.2) is 0 Å². The van der Waals surface area contributed by atoms with Gasteiger partial charge in [0.05, 0.1) is 12.7 Å². The number of hydrogen-bond donors (Lipinski definition) is 4. The van der Waals surface area contributed by atoms with Crippen molar-refractivity contribution in [1.29, 1.82) is 0 Å². The number of thioether (sulfide) groups is 1. The number of nitrogens with two attached hydrogens (primary N) is 1. The van der Waals surface area contributed by atoms with Crippen molar-refractivity contribution in [3.05, 3.63) is 48.6 Å². The van der Waals surface area contributed by atoms with Gasteiger partial charge in [-0.1, -0.05) is 140 Å². The SMILES string of the molecule is CCCCC/C=C\C\C=C/C=C/C=C/[C@@H](SC[C@H](N)C(=O)O[C@@H](CO)COC(=O)CCCCCCCCCCCCC)[C@@H](O)CCCC(=O)O. The molecule has 0 fully saturated rings. The molecular formula is C40H69NO8S. The Labute approximate surface area is 307 Å². The molecule has 5 N–H and O–H groups in total. The molecule has 0 aliphatic carbocycles. The zero-order valence-electron chi connectivity index (χ0n) is 31.1. The minimum absolute atomic E-state index is 0.0474. The van der Waals surface area contributed by atoms with Crippen LogP contribution in [0.5, 0.6) is 0 Å². The number of allylic oxidation sites excluding steroid dienone is 7.